The molecule has 1 aromatic heterocycles. The fraction of sp³-hybridized carbons (Fsp3) is 0.389. The lowest BCUT2D eigenvalue weighted by molar-refractivity contribution is -0.120. The van der Waals surface area contributed by atoms with Gasteiger partial charge in [0, 0.05) is 46.5 Å². The fourth-order valence-corrected chi connectivity index (χ4v) is 4.32. The number of ether oxygens (including phenoxy) is 1. The standard InChI is InChI=1S/C18H20Cl2N2O2S/c19-13-1-3-15(16(20)11-13)17-4-2-14(25-17)12-18(23)21-5-6-22-7-9-24-10-8-22/h1-4,11H,5-10,12H2,(H,21,23). The lowest BCUT2D eigenvalue weighted by atomic mass is 10.2. The molecular formula is C18H20Cl2N2O2S. The number of carbonyl (C=O) groups is 1. The van der Waals surface area contributed by atoms with Crippen molar-refractivity contribution in [1.82, 2.24) is 10.2 Å². The van der Waals surface area contributed by atoms with E-state index in [2.05, 4.69) is 10.2 Å². The Morgan fingerprint density at radius 3 is 2.76 bits per heavy atom. The monoisotopic (exact) mass is 398 g/mol. The first-order chi connectivity index (χ1) is 12.1. The zero-order chi connectivity index (χ0) is 17.6. The summed E-state index contributed by atoms with van der Waals surface area (Å²) in [5, 5.41) is 4.23. The minimum atomic E-state index is 0.0452. The number of hydrogen-bond acceptors (Lipinski definition) is 4. The van der Waals surface area contributed by atoms with Crippen molar-refractivity contribution in [3.05, 3.63) is 45.3 Å². The molecule has 1 saturated heterocycles. The molecule has 1 aromatic carbocycles. The molecule has 1 N–H and O–H groups in total. The Balaban J connectivity index is 1.49. The van der Waals surface area contributed by atoms with Crippen molar-refractivity contribution >= 4 is 40.4 Å². The highest BCUT2D eigenvalue weighted by atomic mass is 35.5. The average Bonchev–Trinajstić information content (AvgIpc) is 3.04. The van der Waals surface area contributed by atoms with E-state index in [1.165, 1.54) is 0 Å². The van der Waals surface area contributed by atoms with Crippen molar-refractivity contribution in [2.45, 2.75) is 6.42 Å². The molecule has 2 aromatic rings. The number of amides is 1. The Morgan fingerprint density at radius 1 is 1.20 bits per heavy atom. The van der Waals surface area contributed by atoms with Gasteiger partial charge in [-0.1, -0.05) is 29.3 Å². The third-order valence-electron chi connectivity index (χ3n) is 4.05. The molecule has 134 valence electrons. The maximum absolute atomic E-state index is 12.1. The average molecular weight is 399 g/mol. The zero-order valence-corrected chi connectivity index (χ0v) is 16.1. The molecule has 0 atom stereocenters. The molecule has 2 heterocycles. The summed E-state index contributed by atoms with van der Waals surface area (Å²) in [5.41, 5.74) is 0.940. The normalized spacial score (nSPS) is 15.3. The topological polar surface area (TPSA) is 41.6 Å². The van der Waals surface area contributed by atoms with Crippen molar-refractivity contribution in [3.8, 4) is 10.4 Å². The van der Waals surface area contributed by atoms with Crippen molar-refractivity contribution in [2.24, 2.45) is 0 Å². The predicted molar refractivity (Wildman–Crippen MR) is 104 cm³/mol. The fourth-order valence-electron chi connectivity index (χ4n) is 2.71. The van der Waals surface area contributed by atoms with Crippen molar-refractivity contribution < 1.29 is 9.53 Å². The van der Waals surface area contributed by atoms with Crippen LogP contribution in [0.4, 0.5) is 0 Å². The van der Waals surface area contributed by atoms with E-state index >= 15 is 0 Å². The van der Waals surface area contributed by atoms with Gasteiger partial charge in [0.15, 0.2) is 0 Å². The Morgan fingerprint density at radius 2 is 2.00 bits per heavy atom. The van der Waals surface area contributed by atoms with Crippen LogP contribution in [-0.4, -0.2) is 50.2 Å². The molecule has 3 rings (SSSR count). The summed E-state index contributed by atoms with van der Waals surface area (Å²) >= 11 is 13.8. The highest BCUT2D eigenvalue weighted by molar-refractivity contribution is 7.15. The molecule has 1 fully saturated rings. The van der Waals surface area contributed by atoms with E-state index < -0.39 is 0 Å². The number of benzene rings is 1. The highest BCUT2D eigenvalue weighted by Crippen LogP contribution is 2.35. The SMILES string of the molecule is O=C(Cc1ccc(-c2ccc(Cl)cc2Cl)s1)NCCN1CCOCC1. The van der Waals surface area contributed by atoms with Gasteiger partial charge in [0.1, 0.15) is 0 Å². The van der Waals surface area contributed by atoms with Gasteiger partial charge in [0.2, 0.25) is 5.91 Å². The Kier molecular flexibility index (Phi) is 6.73. The van der Waals surface area contributed by atoms with Crippen LogP contribution in [0.3, 0.4) is 0 Å². The van der Waals surface area contributed by atoms with Crippen LogP contribution < -0.4 is 5.32 Å². The molecule has 1 aliphatic heterocycles. The second kappa shape index (κ2) is 9.01. The number of halogens is 2. The maximum Gasteiger partial charge on any atom is 0.225 e. The maximum atomic E-state index is 12.1. The van der Waals surface area contributed by atoms with Crippen LogP contribution in [0.1, 0.15) is 4.88 Å². The summed E-state index contributed by atoms with van der Waals surface area (Å²) in [6.45, 7) is 4.96. The van der Waals surface area contributed by atoms with Gasteiger partial charge in [0.05, 0.1) is 24.7 Å². The van der Waals surface area contributed by atoms with Gasteiger partial charge in [-0.3, -0.25) is 9.69 Å². The van der Waals surface area contributed by atoms with E-state index in [-0.39, 0.29) is 5.91 Å². The zero-order valence-electron chi connectivity index (χ0n) is 13.8. The minimum Gasteiger partial charge on any atom is -0.379 e. The van der Waals surface area contributed by atoms with Crippen LogP contribution in [0, 0.1) is 0 Å². The summed E-state index contributed by atoms with van der Waals surface area (Å²) in [6.07, 6.45) is 0.388. The minimum absolute atomic E-state index is 0.0452. The molecule has 0 saturated carbocycles. The molecule has 1 aliphatic rings. The molecule has 0 unspecified atom stereocenters. The second-order valence-electron chi connectivity index (χ2n) is 5.87. The van der Waals surface area contributed by atoms with Crippen LogP contribution in [0.5, 0.6) is 0 Å². The van der Waals surface area contributed by atoms with E-state index in [1.54, 1.807) is 17.4 Å². The molecule has 0 bridgehead atoms. The molecule has 25 heavy (non-hydrogen) atoms. The summed E-state index contributed by atoms with van der Waals surface area (Å²) in [6, 6.07) is 9.43. The van der Waals surface area contributed by atoms with Gasteiger partial charge in [-0.15, -0.1) is 11.3 Å². The van der Waals surface area contributed by atoms with Gasteiger partial charge in [-0.2, -0.15) is 0 Å². The van der Waals surface area contributed by atoms with Crippen LogP contribution in [0.2, 0.25) is 10.0 Å². The molecule has 7 heteroatoms. The molecule has 0 spiro atoms. The molecular weight excluding hydrogens is 379 g/mol. The lowest BCUT2D eigenvalue weighted by Crippen LogP contribution is -2.41. The van der Waals surface area contributed by atoms with E-state index in [4.69, 9.17) is 27.9 Å². The second-order valence-corrected chi connectivity index (χ2v) is 7.88. The highest BCUT2D eigenvalue weighted by Gasteiger charge is 2.12. The summed E-state index contributed by atoms with van der Waals surface area (Å²) in [5.74, 6) is 0.0452. The third kappa shape index (κ3) is 5.43. The Hall–Kier alpha value is -1.11. The van der Waals surface area contributed by atoms with Crippen molar-refractivity contribution in [3.63, 3.8) is 0 Å². The van der Waals surface area contributed by atoms with E-state index in [0.29, 0.717) is 23.0 Å². The molecule has 0 aliphatic carbocycles. The number of hydrogen-bond donors (Lipinski definition) is 1. The Bertz CT molecular complexity index is 730. The van der Waals surface area contributed by atoms with Crippen LogP contribution in [0.15, 0.2) is 30.3 Å². The lowest BCUT2D eigenvalue weighted by Gasteiger charge is -2.26. The van der Waals surface area contributed by atoms with E-state index in [1.807, 2.05) is 24.3 Å². The third-order valence-corrected chi connectivity index (χ3v) is 5.71. The summed E-state index contributed by atoms with van der Waals surface area (Å²) in [4.78, 5) is 16.5. The van der Waals surface area contributed by atoms with Gasteiger partial charge in [-0.25, -0.2) is 0 Å². The number of rotatable bonds is 6. The Labute approximate surface area is 161 Å². The van der Waals surface area contributed by atoms with Gasteiger partial charge < -0.3 is 10.1 Å². The number of nitrogens with one attached hydrogen (secondary N) is 1. The largest absolute Gasteiger partial charge is 0.379 e. The van der Waals surface area contributed by atoms with Gasteiger partial charge in [-0.05, 0) is 24.3 Å². The first-order valence-corrected chi connectivity index (χ1v) is 9.80. The number of carbonyl (C=O) groups excluding carboxylic acids is 1. The van der Waals surface area contributed by atoms with Crippen molar-refractivity contribution in [1.29, 1.82) is 0 Å². The number of nitrogens with zero attached hydrogens (tertiary/aromatic N) is 1. The van der Waals surface area contributed by atoms with Gasteiger partial charge >= 0.3 is 0 Å². The van der Waals surface area contributed by atoms with E-state index in [0.717, 1.165) is 48.2 Å². The molecule has 4 nitrogen and oxygen atoms in total. The first-order valence-electron chi connectivity index (χ1n) is 8.23. The molecule has 0 radical (unpaired) electrons. The van der Waals surface area contributed by atoms with Crippen LogP contribution in [-0.2, 0) is 16.0 Å². The number of morpholine rings is 1. The predicted octanol–water partition coefficient (Wildman–Crippen LogP) is 3.71. The molecule has 1 amide bonds. The number of thiophene rings is 1. The smallest absolute Gasteiger partial charge is 0.225 e. The van der Waals surface area contributed by atoms with Crippen LogP contribution in [0.25, 0.3) is 10.4 Å². The summed E-state index contributed by atoms with van der Waals surface area (Å²) < 4.78 is 5.32. The summed E-state index contributed by atoms with van der Waals surface area (Å²) in [7, 11) is 0. The van der Waals surface area contributed by atoms with E-state index in [9.17, 15) is 4.79 Å². The van der Waals surface area contributed by atoms with Gasteiger partial charge in [0.25, 0.3) is 0 Å². The first kappa shape index (κ1) is 18.7. The van der Waals surface area contributed by atoms with Crippen LogP contribution >= 0.6 is 34.5 Å². The quantitative estimate of drug-likeness (QED) is 0.805. The van der Waals surface area contributed by atoms with Crippen molar-refractivity contribution in [2.75, 3.05) is 39.4 Å².